The molecule has 0 aliphatic heterocycles. The third-order valence-electron chi connectivity index (χ3n) is 1.01. The molecule has 5 nitrogen and oxygen atoms in total. The third kappa shape index (κ3) is 1.57. The van der Waals surface area contributed by atoms with Crippen LogP contribution in [-0.4, -0.2) is 23.9 Å². The van der Waals surface area contributed by atoms with Crippen molar-refractivity contribution in [2.45, 2.75) is 10.2 Å². The molecule has 0 unspecified atom stereocenters. The van der Waals surface area contributed by atoms with Crippen LogP contribution in [0, 0.1) is 0 Å². The second-order valence-corrected chi connectivity index (χ2v) is 3.62. The summed E-state index contributed by atoms with van der Waals surface area (Å²) in [4.78, 5) is 3.91. The predicted molar refractivity (Wildman–Crippen MR) is 45.4 cm³/mol. The average Bonchev–Trinajstić information content (AvgIpc) is 2.65. The van der Waals surface area contributed by atoms with Crippen molar-refractivity contribution in [3.63, 3.8) is 0 Å². The highest BCUT2D eigenvalue weighted by molar-refractivity contribution is 7.99. The first-order valence-corrected chi connectivity index (χ1v) is 4.80. The van der Waals surface area contributed by atoms with E-state index in [1.165, 1.54) is 18.1 Å². The van der Waals surface area contributed by atoms with Gasteiger partial charge in [-0.3, -0.25) is 5.10 Å². The quantitative estimate of drug-likeness (QED) is 0.828. The third-order valence-corrected chi connectivity index (χ3v) is 3.00. The molecule has 2 rings (SSSR count). The van der Waals surface area contributed by atoms with E-state index in [9.17, 15) is 0 Å². The maximum Gasteiger partial charge on any atom is 0.189 e. The maximum absolute atomic E-state index is 5.71. The van der Waals surface area contributed by atoms with Crippen LogP contribution in [-0.2, 0) is 0 Å². The molecule has 0 amide bonds. The van der Waals surface area contributed by atoms with Gasteiger partial charge >= 0.3 is 0 Å². The maximum atomic E-state index is 5.71. The van der Waals surface area contributed by atoms with Crippen molar-refractivity contribution < 1.29 is 0 Å². The predicted octanol–water partition coefficient (Wildman–Crippen LogP) is 1.46. The Labute approximate surface area is 80.9 Å². The molecular weight excluding hydrogens is 218 g/mol. The van der Waals surface area contributed by atoms with Crippen molar-refractivity contribution in [2.75, 3.05) is 0 Å². The Morgan fingerprint density at radius 1 is 1.50 bits per heavy atom. The van der Waals surface area contributed by atoms with Crippen LogP contribution in [0.25, 0.3) is 0 Å². The summed E-state index contributed by atoms with van der Waals surface area (Å²) in [5.74, 6) is 0. The zero-order valence-electron chi connectivity index (χ0n) is 5.56. The van der Waals surface area contributed by atoms with Crippen LogP contribution < -0.4 is 0 Å². The summed E-state index contributed by atoms with van der Waals surface area (Å²) in [6.45, 7) is 0. The molecule has 62 valence electrons. The summed E-state index contributed by atoms with van der Waals surface area (Å²) in [7, 11) is 0. The van der Waals surface area contributed by atoms with E-state index < -0.39 is 0 Å². The molecule has 0 radical (unpaired) electrons. The minimum atomic E-state index is 0.404. The molecule has 8 heteroatoms. The fraction of sp³-hybridized carbons (Fsp3) is 0. The van der Waals surface area contributed by atoms with Gasteiger partial charge in [-0.15, -0.1) is 0 Å². The molecular formula is C4H2ClN5S2. The number of nitrogens with zero attached hydrogens (tertiary/aromatic N) is 4. The van der Waals surface area contributed by atoms with Gasteiger partial charge in [-0.05, 0) is 11.8 Å². The number of hydrogen-bond donors (Lipinski definition) is 1. The summed E-state index contributed by atoms with van der Waals surface area (Å²) in [5, 5.41) is 8.08. The zero-order chi connectivity index (χ0) is 8.39. The van der Waals surface area contributed by atoms with Gasteiger partial charge in [-0.2, -0.15) is 13.8 Å². The minimum absolute atomic E-state index is 0.404. The summed E-state index contributed by atoms with van der Waals surface area (Å²) >= 11 is 8.09. The number of hydrogen-bond acceptors (Lipinski definition) is 6. The fourth-order valence-electron chi connectivity index (χ4n) is 0.566. The highest BCUT2D eigenvalue weighted by Gasteiger charge is 2.08. The standard InChI is InChI=1S/C4H2ClN5S2/c5-2-3(10-12-9-2)11-4-6-1-7-8-4/h1H,(H,6,7,8). The molecule has 0 saturated carbocycles. The molecule has 0 fully saturated rings. The minimum Gasteiger partial charge on any atom is -0.254 e. The lowest BCUT2D eigenvalue weighted by Gasteiger charge is -1.88. The summed E-state index contributed by atoms with van der Waals surface area (Å²) < 4.78 is 7.77. The van der Waals surface area contributed by atoms with Crippen LogP contribution in [0.15, 0.2) is 16.5 Å². The zero-order valence-corrected chi connectivity index (χ0v) is 7.95. The SMILES string of the molecule is Clc1nsnc1Sc1ncn[nH]1. The summed E-state index contributed by atoms with van der Waals surface area (Å²) in [5.41, 5.74) is 0. The van der Waals surface area contributed by atoms with E-state index >= 15 is 0 Å². The van der Waals surface area contributed by atoms with E-state index in [-0.39, 0.29) is 0 Å². The van der Waals surface area contributed by atoms with Crippen molar-refractivity contribution >= 4 is 35.1 Å². The molecule has 0 atom stereocenters. The van der Waals surface area contributed by atoms with Gasteiger partial charge in [0.1, 0.15) is 6.33 Å². The number of aromatic nitrogens is 5. The van der Waals surface area contributed by atoms with E-state index in [0.717, 1.165) is 11.7 Å². The highest BCUT2D eigenvalue weighted by Crippen LogP contribution is 2.28. The lowest BCUT2D eigenvalue weighted by Crippen LogP contribution is -1.76. The van der Waals surface area contributed by atoms with Crippen molar-refractivity contribution in [1.82, 2.24) is 23.9 Å². The number of nitrogens with one attached hydrogen (secondary N) is 1. The largest absolute Gasteiger partial charge is 0.254 e. The number of rotatable bonds is 2. The molecule has 2 aromatic rings. The first-order chi connectivity index (χ1) is 5.86. The fourth-order valence-corrected chi connectivity index (χ4v) is 2.04. The van der Waals surface area contributed by atoms with Gasteiger partial charge in [0.15, 0.2) is 15.3 Å². The van der Waals surface area contributed by atoms with E-state index in [1.54, 1.807) is 0 Å². The molecule has 0 saturated heterocycles. The van der Waals surface area contributed by atoms with Crippen LogP contribution in [0.1, 0.15) is 0 Å². The summed E-state index contributed by atoms with van der Waals surface area (Å²) in [6.07, 6.45) is 1.43. The lowest BCUT2D eigenvalue weighted by molar-refractivity contribution is 0.970. The Morgan fingerprint density at radius 2 is 2.42 bits per heavy atom. The molecule has 0 spiro atoms. The Kier molecular flexibility index (Phi) is 2.24. The molecule has 2 aromatic heterocycles. The Hall–Kier alpha value is -0.660. The number of aromatic amines is 1. The van der Waals surface area contributed by atoms with Gasteiger partial charge in [0.05, 0.1) is 11.7 Å². The second-order valence-electron chi connectivity index (χ2n) is 1.75. The molecule has 0 bridgehead atoms. The second kappa shape index (κ2) is 3.38. The van der Waals surface area contributed by atoms with Crippen LogP contribution >= 0.6 is 35.1 Å². The van der Waals surface area contributed by atoms with E-state index in [1.807, 2.05) is 0 Å². The van der Waals surface area contributed by atoms with Crippen molar-refractivity contribution in [1.29, 1.82) is 0 Å². The highest BCUT2D eigenvalue weighted by atomic mass is 35.5. The van der Waals surface area contributed by atoms with Gasteiger partial charge in [0.2, 0.25) is 0 Å². The van der Waals surface area contributed by atoms with Crippen molar-refractivity contribution in [3.8, 4) is 0 Å². The molecule has 1 N–H and O–H groups in total. The first kappa shape index (κ1) is 7.96. The topological polar surface area (TPSA) is 67.3 Å². The lowest BCUT2D eigenvalue weighted by atomic mass is 10.9. The van der Waals surface area contributed by atoms with Crippen LogP contribution in [0.5, 0.6) is 0 Å². The molecule has 0 aliphatic rings. The van der Waals surface area contributed by atoms with Gasteiger partial charge in [0, 0.05) is 0 Å². The van der Waals surface area contributed by atoms with Gasteiger partial charge < -0.3 is 0 Å². The molecule has 2 heterocycles. The first-order valence-electron chi connectivity index (χ1n) is 2.87. The van der Waals surface area contributed by atoms with Gasteiger partial charge in [-0.1, -0.05) is 11.6 Å². The van der Waals surface area contributed by atoms with E-state index in [0.29, 0.717) is 15.3 Å². The van der Waals surface area contributed by atoms with E-state index in [4.69, 9.17) is 11.6 Å². The van der Waals surface area contributed by atoms with E-state index in [2.05, 4.69) is 23.9 Å². The molecule has 0 aromatic carbocycles. The van der Waals surface area contributed by atoms with Crippen LogP contribution in [0.2, 0.25) is 5.15 Å². The number of H-pyrrole nitrogens is 1. The monoisotopic (exact) mass is 219 g/mol. The van der Waals surface area contributed by atoms with Gasteiger partial charge in [-0.25, -0.2) is 4.98 Å². The molecule has 0 aliphatic carbocycles. The molecule has 12 heavy (non-hydrogen) atoms. The smallest absolute Gasteiger partial charge is 0.189 e. The van der Waals surface area contributed by atoms with Crippen molar-refractivity contribution in [2.24, 2.45) is 0 Å². The average molecular weight is 220 g/mol. The van der Waals surface area contributed by atoms with Crippen LogP contribution in [0.3, 0.4) is 0 Å². The van der Waals surface area contributed by atoms with Crippen LogP contribution in [0.4, 0.5) is 0 Å². The normalized spacial score (nSPS) is 10.4. The number of halogens is 1. The Bertz CT molecular complexity index is 357. The van der Waals surface area contributed by atoms with Crippen molar-refractivity contribution in [3.05, 3.63) is 11.5 Å². The Morgan fingerprint density at radius 3 is 3.00 bits per heavy atom. The van der Waals surface area contributed by atoms with Gasteiger partial charge in [0.25, 0.3) is 0 Å². The Balaban J connectivity index is 2.20. The summed E-state index contributed by atoms with van der Waals surface area (Å²) in [6, 6.07) is 0.